The zero-order chi connectivity index (χ0) is 13.2. The molecular formula is C17H21NO. The van der Waals surface area contributed by atoms with Gasteiger partial charge in [0.2, 0.25) is 0 Å². The summed E-state index contributed by atoms with van der Waals surface area (Å²) >= 11 is 0. The van der Waals surface area contributed by atoms with Crippen LogP contribution in [0.3, 0.4) is 0 Å². The summed E-state index contributed by atoms with van der Waals surface area (Å²) in [4.78, 5) is 15.6. The van der Waals surface area contributed by atoms with E-state index in [4.69, 9.17) is 0 Å². The van der Waals surface area contributed by atoms with Crippen molar-refractivity contribution < 1.29 is 4.79 Å². The van der Waals surface area contributed by atoms with E-state index in [1.807, 2.05) is 6.20 Å². The van der Waals surface area contributed by atoms with Crippen molar-refractivity contribution in [2.24, 2.45) is 5.92 Å². The summed E-state index contributed by atoms with van der Waals surface area (Å²) in [7, 11) is 0. The van der Waals surface area contributed by atoms with Crippen LogP contribution in [0.15, 0.2) is 24.4 Å². The number of aryl methyl sites for hydroxylation is 1. The molecule has 1 aliphatic rings. The molecule has 0 spiro atoms. The minimum atomic E-state index is 0.295. The Labute approximate surface area is 114 Å². The predicted octanol–water partition coefficient (Wildman–Crippen LogP) is 4.63. The van der Waals surface area contributed by atoms with Gasteiger partial charge in [-0.05, 0) is 31.4 Å². The van der Waals surface area contributed by atoms with Gasteiger partial charge >= 0.3 is 0 Å². The topological polar surface area (TPSA) is 32.9 Å². The lowest BCUT2D eigenvalue weighted by Gasteiger charge is -2.07. The highest BCUT2D eigenvalue weighted by molar-refractivity contribution is 6.07. The maximum Gasteiger partial charge on any atom is 0.165 e. The van der Waals surface area contributed by atoms with Crippen LogP contribution in [-0.2, 0) is 0 Å². The molecule has 1 aromatic carbocycles. The third-order valence-corrected chi connectivity index (χ3v) is 4.39. The Hall–Kier alpha value is -1.57. The Morgan fingerprint density at radius 3 is 2.89 bits per heavy atom. The first-order chi connectivity index (χ1) is 9.24. The second-order valence-electron chi connectivity index (χ2n) is 5.86. The van der Waals surface area contributed by atoms with Gasteiger partial charge in [0, 0.05) is 29.1 Å². The Morgan fingerprint density at radius 2 is 2.11 bits per heavy atom. The molecule has 2 aromatic rings. The summed E-state index contributed by atoms with van der Waals surface area (Å²) in [5, 5.41) is 1.08. The molecule has 100 valence electrons. The summed E-state index contributed by atoms with van der Waals surface area (Å²) < 4.78 is 0. The molecule has 1 fully saturated rings. The van der Waals surface area contributed by atoms with Crippen LogP contribution in [0.4, 0.5) is 0 Å². The molecular weight excluding hydrogens is 234 g/mol. The van der Waals surface area contributed by atoms with E-state index in [-0.39, 0.29) is 0 Å². The third-order valence-electron chi connectivity index (χ3n) is 4.39. The molecule has 2 nitrogen and oxygen atoms in total. The predicted molar refractivity (Wildman–Crippen MR) is 78.6 cm³/mol. The first-order valence-electron chi connectivity index (χ1n) is 7.35. The van der Waals surface area contributed by atoms with Crippen LogP contribution < -0.4 is 0 Å². The molecule has 0 aliphatic heterocycles. The zero-order valence-electron chi connectivity index (χ0n) is 11.5. The summed E-state index contributed by atoms with van der Waals surface area (Å²) in [5.74, 6) is 1.08. The van der Waals surface area contributed by atoms with E-state index < -0.39 is 0 Å². The number of hydrogen-bond donors (Lipinski definition) is 1. The van der Waals surface area contributed by atoms with Gasteiger partial charge in [-0.25, -0.2) is 0 Å². The van der Waals surface area contributed by atoms with Gasteiger partial charge in [-0.3, -0.25) is 4.79 Å². The average Bonchev–Trinajstić information content (AvgIpc) is 3.04. The number of Topliss-reactive ketones (excluding diaryl/α,β-unsaturated/α-hetero) is 1. The molecule has 2 heteroatoms. The SMILES string of the molecule is Cc1ccc2[nH]cc(C(=O)CCC3CCCC3)c2c1. The second kappa shape index (κ2) is 5.20. The van der Waals surface area contributed by atoms with Gasteiger partial charge in [0.1, 0.15) is 0 Å². The number of carbonyl (C=O) groups excluding carboxylic acids is 1. The van der Waals surface area contributed by atoms with Crippen LogP contribution in [0.25, 0.3) is 10.9 Å². The number of hydrogen-bond acceptors (Lipinski definition) is 1. The first kappa shape index (κ1) is 12.5. The van der Waals surface area contributed by atoms with Crippen LogP contribution >= 0.6 is 0 Å². The normalized spacial score (nSPS) is 16.3. The summed E-state index contributed by atoms with van der Waals surface area (Å²) in [5.41, 5.74) is 3.14. The first-order valence-corrected chi connectivity index (χ1v) is 7.35. The number of benzene rings is 1. The highest BCUT2D eigenvalue weighted by Crippen LogP contribution is 2.29. The van der Waals surface area contributed by atoms with Crippen molar-refractivity contribution in [3.8, 4) is 0 Å². The van der Waals surface area contributed by atoms with Crippen molar-refractivity contribution in [2.75, 3.05) is 0 Å². The van der Waals surface area contributed by atoms with Crippen molar-refractivity contribution in [3.63, 3.8) is 0 Å². The number of aromatic nitrogens is 1. The van der Waals surface area contributed by atoms with Crippen LogP contribution in [0.5, 0.6) is 0 Å². The Bertz CT molecular complexity index is 590. The standard InChI is InChI=1S/C17H21NO/c1-12-6-8-16-14(10-12)15(11-18-16)17(19)9-7-13-4-2-3-5-13/h6,8,10-11,13,18H,2-5,7,9H2,1H3. The minimum absolute atomic E-state index is 0.295. The lowest BCUT2D eigenvalue weighted by molar-refractivity contribution is 0.0975. The minimum Gasteiger partial charge on any atom is -0.360 e. The molecule has 3 rings (SSSR count). The summed E-state index contributed by atoms with van der Waals surface area (Å²) in [6.07, 6.45) is 8.99. The average molecular weight is 255 g/mol. The number of nitrogens with one attached hydrogen (secondary N) is 1. The van der Waals surface area contributed by atoms with Gasteiger partial charge in [0.15, 0.2) is 5.78 Å². The van der Waals surface area contributed by atoms with E-state index in [0.717, 1.165) is 28.8 Å². The van der Waals surface area contributed by atoms with Crippen molar-refractivity contribution in [3.05, 3.63) is 35.5 Å². The van der Waals surface area contributed by atoms with E-state index in [9.17, 15) is 4.79 Å². The van der Waals surface area contributed by atoms with Crippen LogP contribution in [0.2, 0.25) is 0 Å². The Morgan fingerprint density at radius 1 is 1.32 bits per heavy atom. The molecule has 1 heterocycles. The molecule has 1 aliphatic carbocycles. The Balaban J connectivity index is 1.75. The number of rotatable bonds is 4. The van der Waals surface area contributed by atoms with Gasteiger partial charge in [0.05, 0.1) is 0 Å². The molecule has 0 saturated heterocycles. The van der Waals surface area contributed by atoms with Gasteiger partial charge in [-0.15, -0.1) is 0 Å². The zero-order valence-corrected chi connectivity index (χ0v) is 11.5. The fourth-order valence-electron chi connectivity index (χ4n) is 3.23. The lowest BCUT2D eigenvalue weighted by Crippen LogP contribution is -2.02. The number of ketones is 1. The quantitative estimate of drug-likeness (QED) is 0.794. The molecule has 1 aromatic heterocycles. The van der Waals surface area contributed by atoms with E-state index in [1.54, 1.807) is 0 Å². The monoisotopic (exact) mass is 255 g/mol. The lowest BCUT2D eigenvalue weighted by atomic mass is 9.97. The Kier molecular flexibility index (Phi) is 3.41. The molecule has 1 N–H and O–H groups in total. The highest BCUT2D eigenvalue weighted by atomic mass is 16.1. The van der Waals surface area contributed by atoms with E-state index in [1.165, 1.54) is 31.2 Å². The molecule has 0 radical (unpaired) electrons. The smallest absolute Gasteiger partial charge is 0.165 e. The van der Waals surface area contributed by atoms with Crippen LogP contribution in [0, 0.1) is 12.8 Å². The summed E-state index contributed by atoms with van der Waals surface area (Å²) in [6, 6.07) is 6.23. The van der Waals surface area contributed by atoms with Gasteiger partial charge < -0.3 is 4.98 Å². The maximum absolute atomic E-state index is 12.4. The van der Waals surface area contributed by atoms with Crippen molar-refractivity contribution in [1.29, 1.82) is 0 Å². The maximum atomic E-state index is 12.4. The van der Waals surface area contributed by atoms with Crippen molar-refractivity contribution in [1.82, 2.24) is 4.98 Å². The second-order valence-corrected chi connectivity index (χ2v) is 5.86. The van der Waals surface area contributed by atoms with Crippen molar-refractivity contribution >= 4 is 16.7 Å². The van der Waals surface area contributed by atoms with Gasteiger partial charge in [-0.2, -0.15) is 0 Å². The largest absolute Gasteiger partial charge is 0.360 e. The number of H-pyrrole nitrogens is 1. The van der Waals surface area contributed by atoms with Crippen LogP contribution in [0.1, 0.15) is 54.4 Å². The number of fused-ring (bicyclic) bond motifs is 1. The van der Waals surface area contributed by atoms with Gasteiger partial charge in [-0.1, -0.05) is 37.3 Å². The summed E-state index contributed by atoms with van der Waals surface area (Å²) in [6.45, 7) is 2.07. The van der Waals surface area contributed by atoms with Crippen molar-refractivity contribution in [2.45, 2.75) is 45.4 Å². The van der Waals surface area contributed by atoms with Crippen LogP contribution in [-0.4, -0.2) is 10.8 Å². The van der Waals surface area contributed by atoms with E-state index in [2.05, 4.69) is 30.1 Å². The number of carbonyl (C=O) groups is 1. The van der Waals surface area contributed by atoms with Gasteiger partial charge in [0.25, 0.3) is 0 Å². The molecule has 0 atom stereocenters. The van der Waals surface area contributed by atoms with E-state index in [0.29, 0.717) is 12.2 Å². The molecule has 0 amide bonds. The third kappa shape index (κ3) is 2.58. The fourth-order valence-corrected chi connectivity index (χ4v) is 3.23. The molecule has 19 heavy (non-hydrogen) atoms. The van der Waals surface area contributed by atoms with E-state index >= 15 is 0 Å². The molecule has 0 bridgehead atoms. The molecule has 1 saturated carbocycles. The fraction of sp³-hybridized carbons (Fsp3) is 0.471. The molecule has 0 unspecified atom stereocenters. The number of aromatic amines is 1. The highest BCUT2D eigenvalue weighted by Gasteiger charge is 2.18.